The van der Waals surface area contributed by atoms with E-state index in [2.05, 4.69) is 10.1 Å². The van der Waals surface area contributed by atoms with Crippen LogP contribution >= 0.6 is 0 Å². The van der Waals surface area contributed by atoms with E-state index in [1.807, 2.05) is 19.1 Å². The number of ether oxygens (including phenoxy) is 2. The molecule has 1 aliphatic rings. The Hall–Kier alpha value is -3.68. The molecule has 0 aliphatic carbocycles. The first-order valence-corrected chi connectivity index (χ1v) is 9.40. The molecule has 1 fully saturated rings. The van der Waals surface area contributed by atoms with Crippen LogP contribution in [0.25, 0.3) is 0 Å². The van der Waals surface area contributed by atoms with Crippen molar-refractivity contribution < 1.29 is 28.7 Å². The number of carbonyl (C=O) groups is 4. The molecule has 30 heavy (non-hydrogen) atoms. The number of hydrogen-bond donors (Lipinski definition) is 1. The van der Waals surface area contributed by atoms with Gasteiger partial charge in [-0.2, -0.15) is 0 Å². The summed E-state index contributed by atoms with van der Waals surface area (Å²) in [7, 11) is 1.29. The SMILES string of the molecule is COC(=O)c1ccc(N2C[C@H](C(=O)OCC(=O)Nc3ccccc3C)CC2=O)cc1. The minimum atomic E-state index is -0.663. The van der Waals surface area contributed by atoms with Gasteiger partial charge in [-0.1, -0.05) is 18.2 Å². The van der Waals surface area contributed by atoms with Crippen LogP contribution in [0.4, 0.5) is 11.4 Å². The minimum Gasteiger partial charge on any atom is -0.465 e. The summed E-state index contributed by atoms with van der Waals surface area (Å²) < 4.78 is 9.75. The Morgan fingerprint density at radius 1 is 1.10 bits per heavy atom. The number of rotatable bonds is 6. The van der Waals surface area contributed by atoms with Gasteiger partial charge in [0.25, 0.3) is 5.91 Å². The fraction of sp³-hybridized carbons (Fsp3) is 0.273. The number of anilines is 2. The van der Waals surface area contributed by atoms with E-state index in [0.29, 0.717) is 16.9 Å². The summed E-state index contributed by atoms with van der Waals surface area (Å²) in [4.78, 5) is 49.7. The summed E-state index contributed by atoms with van der Waals surface area (Å²) in [6, 6.07) is 13.6. The number of methoxy groups -OCH3 is 1. The number of aryl methyl sites for hydroxylation is 1. The van der Waals surface area contributed by atoms with Crippen LogP contribution in [-0.4, -0.2) is 44.0 Å². The van der Waals surface area contributed by atoms with Gasteiger partial charge in [-0.15, -0.1) is 0 Å². The topological polar surface area (TPSA) is 102 Å². The lowest BCUT2D eigenvalue weighted by molar-refractivity contribution is -0.151. The third kappa shape index (κ3) is 4.83. The highest BCUT2D eigenvalue weighted by atomic mass is 16.5. The molecule has 2 aromatic carbocycles. The van der Waals surface area contributed by atoms with Crippen molar-refractivity contribution in [3.05, 3.63) is 59.7 Å². The molecule has 1 saturated heterocycles. The maximum atomic E-state index is 12.3. The summed E-state index contributed by atoms with van der Waals surface area (Å²) in [5.41, 5.74) is 2.48. The lowest BCUT2D eigenvalue weighted by Crippen LogP contribution is -2.28. The number of nitrogens with one attached hydrogen (secondary N) is 1. The van der Waals surface area contributed by atoms with Crippen LogP contribution in [0, 0.1) is 12.8 Å². The van der Waals surface area contributed by atoms with Gasteiger partial charge in [-0.3, -0.25) is 14.4 Å². The van der Waals surface area contributed by atoms with Crippen molar-refractivity contribution >= 4 is 35.1 Å². The molecule has 0 spiro atoms. The molecular weight excluding hydrogens is 388 g/mol. The van der Waals surface area contributed by atoms with Gasteiger partial charge in [0.05, 0.1) is 18.6 Å². The third-order valence-corrected chi connectivity index (χ3v) is 4.82. The highest BCUT2D eigenvalue weighted by Crippen LogP contribution is 2.26. The number of amides is 2. The zero-order chi connectivity index (χ0) is 21.7. The van der Waals surface area contributed by atoms with Crippen LogP contribution in [0.3, 0.4) is 0 Å². The number of carbonyl (C=O) groups excluding carboxylic acids is 4. The molecule has 0 saturated carbocycles. The monoisotopic (exact) mass is 410 g/mol. The molecule has 2 amide bonds. The Morgan fingerprint density at radius 3 is 2.47 bits per heavy atom. The maximum absolute atomic E-state index is 12.3. The molecule has 1 aliphatic heterocycles. The number of para-hydroxylation sites is 1. The molecule has 0 unspecified atom stereocenters. The molecule has 156 valence electrons. The number of benzene rings is 2. The smallest absolute Gasteiger partial charge is 0.337 e. The van der Waals surface area contributed by atoms with Crippen molar-refractivity contribution in [2.45, 2.75) is 13.3 Å². The Bertz CT molecular complexity index is 970. The Kier molecular flexibility index (Phi) is 6.46. The van der Waals surface area contributed by atoms with Crippen LogP contribution in [-0.2, 0) is 23.9 Å². The van der Waals surface area contributed by atoms with Gasteiger partial charge in [0.1, 0.15) is 0 Å². The molecule has 8 nitrogen and oxygen atoms in total. The first-order chi connectivity index (χ1) is 14.4. The molecule has 1 heterocycles. The molecule has 3 rings (SSSR count). The van der Waals surface area contributed by atoms with Gasteiger partial charge in [-0.05, 0) is 42.8 Å². The molecule has 2 aromatic rings. The predicted molar refractivity (Wildman–Crippen MR) is 109 cm³/mol. The normalized spacial score (nSPS) is 15.6. The van der Waals surface area contributed by atoms with Gasteiger partial charge in [-0.25, -0.2) is 4.79 Å². The van der Waals surface area contributed by atoms with E-state index >= 15 is 0 Å². The van der Waals surface area contributed by atoms with E-state index in [-0.39, 0.29) is 18.9 Å². The van der Waals surface area contributed by atoms with Crippen LogP contribution in [0.15, 0.2) is 48.5 Å². The van der Waals surface area contributed by atoms with Crippen molar-refractivity contribution in [1.29, 1.82) is 0 Å². The largest absolute Gasteiger partial charge is 0.465 e. The second-order valence-electron chi connectivity index (χ2n) is 6.91. The van der Waals surface area contributed by atoms with E-state index in [4.69, 9.17) is 4.74 Å². The molecule has 1 N–H and O–H groups in total. The molecule has 8 heteroatoms. The molecule has 0 bridgehead atoms. The maximum Gasteiger partial charge on any atom is 0.337 e. The predicted octanol–water partition coefficient (Wildman–Crippen LogP) is 2.32. The molecule has 0 radical (unpaired) electrons. The Morgan fingerprint density at radius 2 is 1.80 bits per heavy atom. The van der Waals surface area contributed by atoms with E-state index < -0.39 is 30.4 Å². The Balaban J connectivity index is 1.54. The van der Waals surface area contributed by atoms with E-state index in [1.54, 1.807) is 36.4 Å². The quantitative estimate of drug-likeness (QED) is 0.734. The summed E-state index contributed by atoms with van der Waals surface area (Å²) in [5, 5.41) is 2.69. The van der Waals surface area contributed by atoms with E-state index in [1.165, 1.54) is 12.0 Å². The first-order valence-electron chi connectivity index (χ1n) is 9.40. The van der Waals surface area contributed by atoms with Crippen molar-refractivity contribution in [2.75, 3.05) is 30.5 Å². The summed E-state index contributed by atoms with van der Waals surface area (Å²) >= 11 is 0. The van der Waals surface area contributed by atoms with Gasteiger partial charge >= 0.3 is 11.9 Å². The van der Waals surface area contributed by atoms with Crippen LogP contribution in [0.1, 0.15) is 22.3 Å². The van der Waals surface area contributed by atoms with E-state index in [9.17, 15) is 19.2 Å². The van der Waals surface area contributed by atoms with Gasteiger partial charge in [0.2, 0.25) is 5.91 Å². The fourth-order valence-electron chi connectivity index (χ4n) is 3.16. The van der Waals surface area contributed by atoms with Gasteiger partial charge < -0.3 is 19.7 Å². The Labute approximate surface area is 173 Å². The fourth-order valence-corrected chi connectivity index (χ4v) is 3.16. The summed E-state index contributed by atoms with van der Waals surface area (Å²) in [6.07, 6.45) is -0.00298. The summed E-state index contributed by atoms with van der Waals surface area (Å²) in [6.45, 7) is 1.58. The lowest BCUT2D eigenvalue weighted by Gasteiger charge is -2.17. The minimum absolute atomic E-state index is 0.00298. The number of nitrogens with zero attached hydrogens (tertiary/aromatic N) is 1. The van der Waals surface area contributed by atoms with Gasteiger partial charge in [0.15, 0.2) is 6.61 Å². The zero-order valence-electron chi connectivity index (χ0n) is 16.7. The standard InChI is InChI=1S/C22H22N2O6/c1-14-5-3-4-6-18(14)23-19(25)13-30-22(28)16-11-20(26)24(12-16)17-9-7-15(8-10-17)21(27)29-2/h3-10,16H,11-13H2,1-2H3,(H,23,25)/t16-/m1/s1. The van der Waals surface area contributed by atoms with Crippen molar-refractivity contribution in [1.82, 2.24) is 0 Å². The summed E-state index contributed by atoms with van der Waals surface area (Å²) in [5.74, 6) is -2.41. The number of esters is 2. The van der Waals surface area contributed by atoms with Crippen molar-refractivity contribution in [2.24, 2.45) is 5.92 Å². The highest BCUT2D eigenvalue weighted by Gasteiger charge is 2.36. The van der Waals surface area contributed by atoms with Gasteiger partial charge in [0, 0.05) is 24.3 Å². The zero-order valence-corrected chi connectivity index (χ0v) is 16.7. The average Bonchev–Trinajstić information content (AvgIpc) is 3.15. The van der Waals surface area contributed by atoms with Crippen LogP contribution < -0.4 is 10.2 Å². The van der Waals surface area contributed by atoms with E-state index in [0.717, 1.165) is 5.56 Å². The van der Waals surface area contributed by atoms with Crippen LogP contribution in [0.2, 0.25) is 0 Å². The average molecular weight is 410 g/mol. The number of hydrogen-bond acceptors (Lipinski definition) is 6. The molecule has 0 aromatic heterocycles. The van der Waals surface area contributed by atoms with Crippen molar-refractivity contribution in [3.63, 3.8) is 0 Å². The molecular formula is C22H22N2O6. The molecule has 1 atom stereocenters. The third-order valence-electron chi connectivity index (χ3n) is 4.82. The first kappa shape index (κ1) is 21.0. The second-order valence-corrected chi connectivity index (χ2v) is 6.91. The van der Waals surface area contributed by atoms with Crippen molar-refractivity contribution in [3.8, 4) is 0 Å². The van der Waals surface area contributed by atoms with Crippen LogP contribution in [0.5, 0.6) is 0 Å². The lowest BCUT2D eigenvalue weighted by atomic mass is 10.1. The second kappa shape index (κ2) is 9.21. The highest BCUT2D eigenvalue weighted by molar-refractivity contribution is 6.00.